The van der Waals surface area contributed by atoms with E-state index in [-0.39, 0.29) is 6.10 Å². The lowest BCUT2D eigenvalue weighted by Crippen LogP contribution is -2.16. The van der Waals surface area contributed by atoms with Crippen molar-refractivity contribution in [3.05, 3.63) is 35.0 Å². The molecule has 2 unspecified atom stereocenters. The maximum absolute atomic E-state index is 5.32. The van der Waals surface area contributed by atoms with E-state index in [1.807, 2.05) is 12.2 Å². The van der Waals surface area contributed by atoms with E-state index in [0.717, 1.165) is 4.48 Å². The van der Waals surface area contributed by atoms with Crippen LogP contribution in [0.15, 0.2) is 35.0 Å². The average Bonchev–Trinajstić information content (AvgIpc) is 2.36. The van der Waals surface area contributed by atoms with Crippen LogP contribution in [0, 0.1) is 5.92 Å². The summed E-state index contributed by atoms with van der Waals surface area (Å²) in [4.78, 5) is 0. The summed E-state index contributed by atoms with van der Waals surface area (Å²) < 4.78 is 6.45. The first-order chi connectivity index (χ1) is 4.88. The van der Waals surface area contributed by atoms with Gasteiger partial charge < -0.3 is 4.74 Å². The van der Waals surface area contributed by atoms with Gasteiger partial charge in [0, 0.05) is 10.4 Å². The highest BCUT2D eigenvalue weighted by atomic mass is 79.9. The van der Waals surface area contributed by atoms with Crippen LogP contribution in [-0.2, 0) is 4.74 Å². The van der Waals surface area contributed by atoms with Gasteiger partial charge in [-0.05, 0) is 12.2 Å². The molecule has 0 spiro atoms. The summed E-state index contributed by atoms with van der Waals surface area (Å²) in [5.41, 5.74) is 0. The van der Waals surface area contributed by atoms with Crippen molar-refractivity contribution in [1.82, 2.24) is 0 Å². The van der Waals surface area contributed by atoms with Crippen LogP contribution < -0.4 is 0 Å². The van der Waals surface area contributed by atoms with Crippen molar-refractivity contribution in [1.29, 1.82) is 0 Å². The molecule has 1 aliphatic carbocycles. The SMILES string of the molecule is BrC1=CC=CC2C=COC12. The Hall–Kier alpha value is -0.500. The summed E-state index contributed by atoms with van der Waals surface area (Å²) >= 11 is 3.44. The van der Waals surface area contributed by atoms with Crippen molar-refractivity contribution in [2.24, 2.45) is 5.92 Å². The molecule has 0 saturated heterocycles. The van der Waals surface area contributed by atoms with Crippen molar-refractivity contribution in [2.45, 2.75) is 6.10 Å². The van der Waals surface area contributed by atoms with Gasteiger partial charge in [0.05, 0.1) is 6.26 Å². The summed E-state index contributed by atoms with van der Waals surface area (Å²) in [5, 5.41) is 0. The lowest BCUT2D eigenvalue weighted by Gasteiger charge is -2.17. The van der Waals surface area contributed by atoms with Crippen LogP contribution in [0.2, 0.25) is 0 Å². The summed E-state index contributed by atoms with van der Waals surface area (Å²) in [6.07, 6.45) is 10.2. The Morgan fingerprint density at radius 2 is 2.30 bits per heavy atom. The van der Waals surface area contributed by atoms with Gasteiger partial charge in [-0.15, -0.1) is 0 Å². The molecule has 0 N–H and O–H groups in total. The molecule has 2 atom stereocenters. The molecular weight excluding hydrogens is 192 g/mol. The standard InChI is InChI=1S/C8H7BrO/c9-7-3-1-2-6-4-5-10-8(6)7/h1-6,8H. The van der Waals surface area contributed by atoms with E-state index in [9.17, 15) is 0 Å². The number of ether oxygens (including phenoxy) is 1. The summed E-state index contributed by atoms with van der Waals surface area (Å²) in [6.45, 7) is 0. The Morgan fingerprint density at radius 3 is 3.10 bits per heavy atom. The highest BCUT2D eigenvalue weighted by Gasteiger charge is 2.26. The van der Waals surface area contributed by atoms with Crippen molar-refractivity contribution < 1.29 is 4.74 Å². The van der Waals surface area contributed by atoms with Gasteiger partial charge in [0.2, 0.25) is 0 Å². The minimum atomic E-state index is 0.213. The van der Waals surface area contributed by atoms with Gasteiger partial charge in [0.25, 0.3) is 0 Å². The van der Waals surface area contributed by atoms with Crippen molar-refractivity contribution in [2.75, 3.05) is 0 Å². The maximum atomic E-state index is 5.32. The summed E-state index contributed by atoms with van der Waals surface area (Å²) in [7, 11) is 0. The van der Waals surface area contributed by atoms with Crippen LogP contribution in [0.4, 0.5) is 0 Å². The molecular formula is C8H7BrO. The molecule has 0 saturated carbocycles. The largest absolute Gasteiger partial charge is 0.492 e. The molecule has 0 amide bonds. The number of fused-ring (bicyclic) bond motifs is 1. The van der Waals surface area contributed by atoms with E-state index < -0.39 is 0 Å². The average molecular weight is 199 g/mol. The minimum absolute atomic E-state index is 0.213. The zero-order valence-electron chi connectivity index (χ0n) is 5.33. The van der Waals surface area contributed by atoms with Gasteiger partial charge in [-0.2, -0.15) is 0 Å². The third-order valence-corrected chi connectivity index (χ3v) is 2.45. The molecule has 0 aromatic rings. The van der Waals surface area contributed by atoms with Gasteiger partial charge >= 0.3 is 0 Å². The predicted molar refractivity (Wildman–Crippen MR) is 43.7 cm³/mol. The molecule has 2 heteroatoms. The first kappa shape index (κ1) is 6.23. The molecule has 0 radical (unpaired) electrons. The summed E-state index contributed by atoms with van der Waals surface area (Å²) in [5.74, 6) is 0.444. The van der Waals surface area contributed by atoms with Crippen LogP contribution >= 0.6 is 15.9 Å². The fourth-order valence-electron chi connectivity index (χ4n) is 1.20. The van der Waals surface area contributed by atoms with Gasteiger partial charge in [-0.25, -0.2) is 0 Å². The van der Waals surface area contributed by atoms with Crippen molar-refractivity contribution in [3.8, 4) is 0 Å². The van der Waals surface area contributed by atoms with Crippen LogP contribution in [0.1, 0.15) is 0 Å². The first-order valence-electron chi connectivity index (χ1n) is 3.24. The lowest BCUT2D eigenvalue weighted by atomic mass is 9.99. The molecule has 1 nitrogen and oxygen atoms in total. The number of hydrogen-bond acceptors (Lipinski definition) is 1. The zero-order chi connectivity index (χ0) is 6.97. The minimum Gasteiger partial charge on any atom is -0.492 e. The highest BCUT2D eigenvalue weighted by molar-refractivity contribution is 9.11. The third-order valence-electron chi connectivity index (χ3n) is 1.74. The van der Waals surface area contributed by atoms with Crippen molar-refractivity contribution >= 4 is 15.9 Å². The molecule has 0 aromatic carbocycles. The van der Waals surface area contributed by atoms with Crippen LogP contribution in [-0.4, -0.2) is 6.10 Å². The monoisotopic (exact) mass is 198 g/mol. The van der Waals surface area contributed by atoms with Crippen LogP contribution in [0.25, 0.3) is 0 Å². The molecule has 0 fully saturated rings. The van der Waals surface area contributed by atoms with E-state index in [1.165, 1.54) is 0 Å². The number of hydrogen-bond donors (Lipinski definition) is 0. The van der Waals surface area contributed by atoms with Gasteiger partial charge in [-0.3, -0.25) is 0 Å². The molecule has 1 aliphatic heterocycles. The fraction of sp³-hybridized carbons (Fsp3) is 0.250. The molecule has 10 heavy (non-hydrogen) atoms. The zero-order valence-corrected chi connectivity index (χ0v) is 6.91. The van der Waals surface area contributed by atoms with E-state index in [0.29, 0.717) is 5.92 Å². The fourth-order valence-corrected chi connectivity index (χ4v) is 1.76. The Labute approximate surface area is 68.2 Å². The Balaban J connectivity index is 2.29. The Morgan fingerprint density at radius 1 is 1.40 bits per heavy atom. The summed E-state index contributed by atoms with van der Waals surface area (Å²) in [6, 6.07) is 0. The van der Waals surface area contributed by atoms with Gasteiger partial charge in [-0.1, -0.05) is 28.1 Å². The highest BCUT2D eigenvalue weighted by Crippen LogP contribution is 2.31. The normalized spacial score (nSPS) is 35.1. The van der Waals surface area contributed by atoms with Crippen LogP contribution in [0.3, 0.4) is 0 Å². The second kappa shape index (κ2) is 2.27. The Bertz CT molecular complexity index is 227. The van der Waals surface area contributed by atoms with E-state index >= 15 is 0 Å². The molecule has 1 heterocycles. The first-order valence-corrected chi connectivity index (χ1v) is 4.03. The topological polar surface area (TPSA) is 9.23 Å². The quantitative estimate of drug-likeness (QED) is 0.581. The molecule has 0 bridgehead atoms. The number of allylic oxidation sites excluding steroid dienone is 2. The van der Waals surface area contributed by atoms with Gasteiger partial charge in [0.15, 0.2) is 0 Å². The van der Waals surface area contributed by atoms with Crippen molar-refractivity contribution in [3.63, 3.8) is 0 Å². The second-order valence-electron chi connectivity index (χ2n) is 2.40. The third kappa shape index (κ3) is 0.833. The van der Waals surface area contributed by atoms with Crippen LogP contribution in [0.5, 0.6) is 0 Å². The van der Waals surface area contributed by atoms with E-state index in [4.69, 9.17) is 4.74 Å². The molecule has 0 aromatic heterocycles. The molecule has 52 valence electrons. The van der Waals surface area contributed by atoms with E-state index in [2.05, 4.69) is 28.1 Å². The predicted octanol–water partition coefficient (Wildman–Crippen LogP) is 2.36. The number of halogens is 1. The number of rotatable bonds is 0. The smallest absolute Gasteiger partial charge is 0.139 e. The maximum Gasteiger partial charge on any atom is 0.139 e. The Kier molecular flexibility index (Phi) is 1.42. The second-order valence-corrected chi connectivity index (χ2v) is 3.31. The van der Waals surface area contributed by atoms with Gasteiger partial charge in [0.1, 0.15) is 6.10 Å². The molecule has 2 rings (SSSR count). The lowest BCUT2D eigenvalue weighted by molar-refractivity contribution is 0.189. The molecule has 2 aliphatic rings. The van der Waals surface area contributed by atoms with E-state index in [1.54, 1.807) is 6.26 Å².